The standard InChI is InChI=1S/C10H17N3O/c1-3-14-7-9-5-11-4-8-6-13(2)12-10(8)9/h6,9,11H,3-5,7H2,1-2H3/t9-/m1/s1. The Morgan fingerprint density at radius 1 is 1.71 bits per heavy atom. The summed E-state index contributed by atoms with van der Waals surface area (Å²) in [4.78, 5) is 0. The SMILES string of the molecule is CCOC[C@H]1CNCc2cn(C)nc21. The molecule has 0 saturated heterocycles. The van der Waals surface area contributed by atoms with Gasteiger partial charge in [0.25, 0.3) is 0 Å². The molecule has 1 aromatic rings. The zero-order valence-corrected chi connectivity index (χ0v) is 8.79. The highest BCUT2D eigenvalue weighted by Crippen LogP contribution is 2.22. The van der Waals surface area contributed by atoms with Gasteiger partial charge in [-0.25, -0.2) is 0 Å². The molecule has 4 heteroatoms. The average Bonchev–Trinajstić information content (AvgIpc) is 2.55. The van der Waals surface area contributed by atoms with E-state index in [1.54, 1.807) is 0 Å². The van der Waals surface area contributed by atoms with Crippen LogP contribution in [0.15, 0.2) is 6.20 Å². The van der Waals surface area contributed by atoms with Crippen molar-refractivity contribution >= 4 is 0 Å². The van der Waals surface area contributed by atoms with Gasteiger partial charge >= 0.3 is 0 Å². The van der Waals surface area contributed by atoms with Crippen molar-refractivity contribution in [3.63, 3.8) is 0 Å². The van der Waals surface area contributed by atoms with Crippen molar-refractivity contribution in [3.8, 4) is 0 Å². The fourth-order valence-corrected chi connectivity index (χ4v) is 1.91. The summed E-state index contributed by atoms with van der Waals surface area (Å²) >= 11 is 0. The van der Waals surface area contributed by atoms with Gasteiger partial charge in [-0.3, -0.25) is 4.68 Å². The molecule has 0 radical (unpaired) electrons. The lowest BCUT2D eigenvalue weighted by Crippen LogP contribution is -2.30. The van der Waals surface area contributed by atoms with E-state index in [9.17, 15) is 0 Å². The number of ether oxygens (including phenoxy) is 1. The monoisotopic (exact) mass is 195 g/mol. The molecule has 1 aliphatic heterocycles. The number of hydrogen-bond donors (Lipinski definition) is 1. The van der Waals surface area contributed by atoms with Gasteiger partial charge in [0.1, 0.15) is 0 Å². The van der Waals surface area contributed by atoms with E-state index in [0.29, 0.717) is 5.92 Å². The van der Waals surface area contributed by atoms with Crippen LogP contribution in [0.4, 0.5) is 0 Å². The second-order valence-electron chi connectivity index (χ2n) is 3.70. The molecule has 0 spiro atoms. The predicted octanol–water partition coefficient (Wildman–Crippen LogP) is 0.643. The van der Waals surface area contributed by atoms with Gasteiger partial charge in [0.05, 0.1) is 12.3 Å². The molecular formula is C10H17N3O. The van der Waals surface area contributed by atoms with Crippen molar-refractivity contribution in [2.45, 2.75) is 19.4 Å². The fraction of sp³-hybridized carbons (Fsp3) is 0.700. The molecule has 1 atom stereocenters. The molecule has 0 amide bonds. The summed E-state index contributed by atoms with van der Waals surface area (Å²) < 4.78 is 7.34. The maximum absolute atomic E-state index is 5.45. The molecule has 0 aliphatic carbocycles. The van der Waals surface area contributed by atoms with Crippen molar-refractivity contribution < 1.29 is 4.74 Å². The third-order valence-electron chi connectivity index (χ3n) is 2.55. The molecule has 78 valence electrons. The molecule has 4 nitrogen and oxygen atoms in total. The van der Waals surface area contributed by atoms with E-state index < -0.39 is 0 Å². The molecule has 0 bridgehead atoms. The van der Waals surface area contributed by atoms with Crippen LogP contribution >= 0.6 is 0 Å². The summed E-state index contributed by atoms with van der Waals surface area (Å²) in [5, 5.41) is 7.86. The van der Waals surface area contributed by atoms with Gasteiger partial charge in [-0.05, 0) is 6.92 Å². The van der Waals surface area contributed by atoms with Crippen molar-refractivity contribution in [2.75, 3.05) is 19.8 Å². The van der Waals surface area contributed by atoms with E-state index in [-0.39, 0.29) is 0 Å². The highest BCUT2D eigenvalue weighted by Gasteiger charge is 2.22. The second-order valence-corrected chi connectivity index (χ2v) is 3.70. The molecule has 0 saturated carbocycles. The third-order valence-corrected chi connectivity index (χ3v) is 2.55. The summed E-state index contributed by atoms with van der Waals surface area (Å²) in [5.74, 6) is 0.417. The Kier molecular flexibility index (Phi) is 2.84. The Morgan fingerprint density at radius 3 is 3.36 bits per heavy atom. The zero-order chi connectivity index (χ0) is 9.97. The zero-order valence-electron chi connectivity index (χ0n) is 8.79. The van der Waals surface area contributed by atoms with Crippen LogP contribution in [-0.4, -0.2) is 29.5 Å². The van der Waals surface area contributed by atoms with Crippen molar-refractivity contribution in [3.05, 3.63) is 17.5 Å². The molecule has 1 aliphatic rings. The summed E-state index contributed by atoms with van der Waals surface area (Å²) in [6, 6.07) is 0. The van der Waals surface area contributed by atoms with Crippen molar-refractivity contribution in [2.24, 2.45) is 7.05 Å². The van der Waals surface area contributed by atoms with E-state index >= 15 is 0 Å². The van der Waals surface area contributed by atoms with E-state index in [1.165, 1.54) is 11.3 Å². The Bertz CT molecular complexity index is 308. The van der Waals surface area contributed by atoms with E-state index in [0.717, 1.165) is 26.3 Å². The molecule has 1 aromatic heterocycles. The third kappa shape index (κ3) is 1.81. The summed E-state index contributed by atoms with van der Waals surface area (Å²) in [6.07, 6.45) is 2.08. The second kappa shape index (κ2) is 4.11. The van der Waals surface area contributed by atoms with Gasteiger partial charge in [-0.2, -0.15) is 5.10 Å². The van der Waals surface area contributed by atoms with Crippen LogP contribution in [0.1, 0.15) is 24.1 Å². The first kappa shape index (κ1) is 9.68. The Hall–Kier alpha value is -0.870. The molecular weight excluding hydrogens is 178 g/mol. The topological polar surface area (TPSA) is 39.1 Å². The lowest BCUT2D eigenvalue weighted by Gasteiger charge is -2.21. The number of aromatic nitrogens is 2. The minimum absolute atomic E-state index is 0.417. The molecule has 14 heavy (non-hydrogen) atoms. The molecule has 0 fully saturated rings. The Balaban J connectivity index is 2.13. The summed E-state index contributed by atoms with van der Waals surface area (Å²) in [5.41, 5.74) is 2.52. The lowest BCUT2D eigenvalue weighted by atomic mass is 9.99. The first-order valence-corrected chi connectivity index (χ1v) is 5.12. The van der Waals surface area contributed by atoms with Crippen LogP contribution in [0.5, 0.6) is 0 Å². The fourth-order valence-electron chi connectivity index (χ4n) is 1.91. The smallest absolute Gasteiger partial charge is 0.0736 e. The number of nitrogens with zero attached hydrogens (tertiary/aromatic N) is 2. The van der Waals surface area contributed by atoms with E-state index in [2.05, 4.69) is 16.6 Å². The van der Waals surface area contributed by atoms with Gasteiger partial charge in [0, 0.05) is 44.4 Å². The Morgan fingerprint density at radius 2 is 2.57 bits per heavy atom. The summed E-state index contributed by atoms with van der Waals surface area (Å²) in [6.45, 7) is 5.48. The predicted molar refractivity (Wildman–Crippen MR) is 54.1 cm³/mol. The number of aryl methyl sites for hydroxylation is 1. The molecule has 0 aromatic carbocycles. The minimum Gasteiger partial charge on any atom is -0.381 e. The van der Waals surface area contributed by atoms with Crippen LogP contribution in [0, 0.1) is 0 Å². The van der Waals surface area contributed by atoms with Gasteiger partial charge in [-0.1, -0.05) is 0 Å². The average molecular weight is 195 g/mol. The highest BCUT2D eigenvalue weighted by molar-refractivity contribution is 5.24. The van der Waals surface area contributed by atoms with Gasteiger partial charge in [0.15, 0.2) is 0 Å². The van der Waals surface area contributed by atoms with Gasteiger partial charge < -0.3 is 10.1 Å². The van der Waals surface area contributed by atoms with Crippen molar-refractivity contribution in [1.82, 2.24) is 15.1 Å². The number of nitrogens with one attached hydrogen (secondary N) is 1. The van der Waals surface area contributed by atoms with Crippen molar-refractivity contribution in [1.29, 1.82) is 0 Å². The highest BCUT2D eigenvalue weighted by atomic mass is 16.5. The maximum Gasteiger partial charge on any atom is 0.0736 e. The molecule has 1 N–H and O–H groups in total. The summed E-state index contributed by atoms with van der Waals surface area (Å²) in [7, 11) is 1.97. The van der Waals surface area contributed by atoms with Crippen LogP contribution in [0.3, 0.4) is 0 Å². The number of rotatable bonds is 3. The number of hydrogen-bond acceptors (Lipinski definition) is 3. The maximum atomic E-state index is 5.45. The molecule has 0 unspecified atom stereocenters. The van der Waals surface area contributed by atoms with Crippen LogP contribution in [0.2, 0.25) is 0 Å². The van der Waals surface area contributed by atoms with Crippen LogP contribution in [0.25, 0.3) is 0 Å². The Labute approximate surface area is 84.3 Å². The quantitative estimate of drug-likeness (QED) is 0.769. The largest absolute Gasteiger partial charge is 0.381 e. The van der Waals surface area contributed by atoms with Crippen LogP contribution in [-0.2, 0) is 18.3 Å². The van der Waals surface area contributed by atoms with Gasteiger partial charge in [-0.15, -0.1) is 0 Å². The molecule has 2 rings (SSSR count). The normalized spacial score (nSPS) is 20.9. The van der Waals surface area contributed by atoms with E-state index in [1.807, 2.05) is 18.7 Å². The van der Waals surface area contributed by atoms with Crippen LogP contribution < -0.4 is 5.32 Å². The molecule has 2 heterocycles. The first-order chi connectivity index (χ1) is 6.81. The lowest BCUT2D eigenvalue weighted by molar-refractivity contribution is 0.128. The van der Waals surface area contributed by atoms with Gasteiger partial charge in [0.2, 0.25) is 0 Å². The van der Waals surface area contributed by atoms with E-state index in [4.69, 9.17) is 4.74 Å². The minimum atomic E-state index is 0.417. The number of fused-ring (bicyclic) bond motifs is 1. The first-order valence-electron chi connectivity index (χ1n) is 5.12.